The molecular formula is C21H20N2. The van der Waals surface area contributed by atoms with Gasteiger partial charge < -0.3 is 9.80 Å². The molecule has 23 heavy (non-hydrogen) atoms. The molecule has 1 aliphatic heterocycles. The third-order valence-electron chi connectivity index (χ3n) is 4.47. The van der Waals surface area contributed by atoms with E-state index in [9.17, 15) is 0 Å². The second-order valence-electron chi connectivity index (χ2n) is 6.11. The lowest BCUT2D eigenvalue weighted by Crippen LogP contribution is -2.24. The van der Waals surface area contributed by atoms with E-state index in [0.29, 0.717) is 0 Å². The lowest BCUT2D eigenvalue weighted by atomic mass is 10.1. The van der Waals surface area contributed by atoms with Gasteiger partial charge in [0.25, 0.3) is 0 Å². The van der Waals surface area contributed by atoms with Gasteiger partial charge in [0.1, 0.15) is 6.67 Å². The first-order valence-corrected chi connectivity index (χ1v) is 8.00. The van der Waals surface area contributed by atoms with E-state index in [2.05, 4.69) is 96.4 Å². The van der Waals surface area contributed by atoms with E-state index in [4.69, 9.17) is 0 Å². The molecule has 1 heterocycles. The number of rotatable bonds is 2. The van der Waals surface area contributed by atoms with Crippen molar-refractivity contribution >= 4 is 22.7 Å². The van der Waals surface area contributed by atoms with Gasteiger partial charge in [-0.25, -0.2) is 0 Å². The summed E-state index contributed by atoms with van der Waals surface area (Å²) < 4.78 is 0. The van der Waals surface area contributed by atoms with E-state index in [-0.39, 0.29) is 0 Å². The molecule has 0 aliphatic carbocycles. The van der Waals surface area contributed by atoms with E-state index < -0.39 is 0 Å². The van der Waals surface area contributed by atoms with E-state index >= 15 is 0 Å². The van der Waals surface area contributed by atoms with Crippen LogP contribution in [0.4, 0.5) is 22.7 Å². The molecule has 4 rings (SSSR count). The normalized spacial score (nSPS) is 13.3. The zero-order valence-electron chi connectivity index (χ0n) is 13.5. The van der Waals surface area contributed by atoms with Crippen LogP contribution >= 0.6 is 0 Å². The third-order valence-corrected chi connectivity index (χ3v) is 4.47. The monoisotopic (exact) mass is 300 g/mol. The smallest absolute Gasteiger partial charge is 0.100 e. The predicted molar refractivity (Wildman–Crippen MR) is 97.9 cm³/mol. The summed E-state index contributed by atoms with van der Waals surface area (Å²) in [4.78, 5) is 4.78. The highest BCUT2D eigenvalue weighted by atomic mass is 15.4. The number of hydrogen-bond donors (Lipinski definition) is 0. The van der Waals surface area contributed by atoms with Crippen LogP contribution in [0.5, 0.6) is 0 Å². The quantitative estimate of drug-likeness (QED) is 0.612. The highest BCUT2D eigenvalue weighted by Crippen LogP contribution is 2.45. The molecule has 0 radical (unpaired) electrons. The van der Waals surface area contributed by atoms with Crippen molar-refractivity contribution in [3.8, 4) is 0 Å². The zero-order valence-corrected chi connectivity index (χ0v) is 13.5. The van der Waals surface area contributed by atoms with Crippen molar-refractivity contribution in [2.45, 2.75) is 13.8 Å². The number of aryl methyl sites for hydroxylation is 2. The van der Waals surface area contributed by atoms with Gasteiger partial charge in [0, 0.05) is 11.4 Å². The number of fused-ring (bicyclic) bond motifs is 1. The maximum Gasteiger partial charge on any atom is 0.100 e. The van der Waals surface area contributed by atoms with Crippen molar-refractivity contribution < 1.29 is 0 Å². The Morgan fingerprint density at radius 2 is 1.39 bits per heavy atom. The van der Waals surface area contributed by atoms with Crippen LogP contribution in [0.15, 0.2) is 72.8 Å². The molecule has 3 aromatic carbocycles. The van der Waals surface area contributed by atoms with Gasteiger partial charge in [0.05, 0.1) is 11.4 Å². The molecule has 2 heteroatoms. The fourth-order valence-corrected chi connectivity index (χ4v) is 3.27. The summed E-state index contributed by atoms with van der Waals surface area (Å²) in [6, 6.07) is 25.9. The Bertz CT molecular complexity index is 839. The van der Waals surface area contributed by atoms with E-state index in [1.165, 1.54) is 33.9 Å². The van der Waals surface area contributed by atoms with Gasteiger partial charge in [-0.3, -0.25) is 0 Å². The molecule has 3 aromatic rings. The van der Waals surface area contributed by atoms with E-state index in [1.54, 1.807) is 0 Å². The molecule has 0 unspecified atom stereocenters. The number of benzene rings is 3. The van der Waals surface area contributed by atoms with Crippen molar-refractivity contribution in [3.05, 3.63) is 83.9 Å². The maximum absolute atomic E-state index is 2.41. The molecule has 0 saturated heterocycles. The minimum atomic E-state index is 0.841. The summed E-state index contributed by atoms with van der Waals surface area (Å²) in [5.74, 6) is 0. The van der Waals surface area contributed by atoms with Gasteiger partial charge >= 0.3 is 0 Å². The third kappa shape index (κ3) is 2.36. The Balaban J connectivity index is 1.85. The molecule has 2 nitrogen and oxygen atoms in total. The molecule has 1 aliphatic rings. The van der Waals surface area contributed by atoms with Gasteiger partial charge in [-0.15, -0.1) is 0 Å². The molecule has 0 aromatic heterocycles. The zero-order chi connectivity index (χ0) is 15.8. The molecule has 0 fully saturated rings. The van der Waals surface area contributed by atoms with E-state index in [1.807, 2.05) is 0 Å². The number of nitrogens with zero attached hydrogens (tertiary/aromatic N) is 2. The number of hydrogen-bond acceptors (Lipinski definition) is 2. The van der Waals surface area contributed by atoms with Crippen LogP contribution in [0, 0.1) is 13.8 Å². The van der Waals surface area contributed by atoms with Crippen molar-refractivity contribution in [3.63, 3.8) is 0 Å². The Hall–Kier alpha value is -2.74. The summed E-state index contributed by atoms with van der Waals surface area (Å²) in [6.07, 6.45) is 0. The highest BCUT2D eigenvalue weighted by Gasteiger charge is 2.28. The minimum absolute atomic E-state index is 0.841. The largest absolute Gasteiger partial charge is 0.321 e. The molecule has 0 saturated carbocycles. The first kappa shape index (κ1) is 13.9. The Kier molecular flexibility index (Phi) is 3.30. The Labute approximate surface area is 137 Å². The summed E-state index contributed by atoms with van der Waals surface area (Å²) >= 11 is 0. The standard InChI is InChI=1S/C21H20N2/c1-16-12-13-20-21(14-16)23(19-11-7-6-8-17(19)2)15-22(20)18-9-4-3-5-10-18/h3-14H,15H2,1-2H3. The van der Waals surface area contributed by atoms with Crippen molar-refractivity contribution in [1.82, 2.24) is 0 Å². The highest BCUT2D eigenvalue weighted by molar-refractivity contribution is 5.87. The second-order valence-corrected chi connectivity index (χ2v) is 6.11. The molecule has 0 N–H and O–H groups in total. The van der Waals surface area contributed by atoms with Crippen LogP contribution in [0.3, 0.4) is 0 Å². The van der Waals surface area contributed by atoms with Gasteiger partial charge in [0.2, 0.25) is 0 Å². The molecule has 114 valence electrons. The summed E-state index contributed by atoms with van der Waals surface area (Å²) in [7, 11) is 0. The number of anilines is 4. The fraction of sp³-hybridized carbons (Fsp3) is 0.143. The lowest BCUT2D eigenvalue weighted by molar-refractivity contribution is 0.986. The number of para-hydroxylation sites is 2. The average molecular weight is 300 g/mol. The summed E-state index contributed by atoms with van der Waals surface area (Å²) in [6.45, 7) is 5.17. The van der Waals surface area contributed by atoms with Crippen LogP contribution in [-0.4, -0.2) is 6.67 Å². The molecule has 0 bridgehead atoms. The molecule has 0 atom stereocenters. The first-order valence-electron chi connectivity index (χ1n) is 8.00. The van der Waals surface area contributed by atoms with Crippen molar-refractivity contribution in [1.29, 1.82) is 0 Å². The Morgan fingerprint density at radius 1 is 0.652 bits per heavy atom. The van der Waals surface area contributed by atoms with Crippen LogP contribution < -0.4 is 9.80 Å². The average Bonchev–Trinajstić information content (AvgIpc) is 2.94. The fourth-order valence-electron chi connectivity index (χ4n) is 3.27. The van der Waals surface area contributed by atoms with Gasteiger partial charge in [-0.05, 0) is 55.3 Å². The van der Waals surface area contributed by atoms with Crippen LogP contribution in [0.1, 0.15) is 11.1 Å². The lowest BCUT2D eigenvalue weighted by Gasteiger charge is -2.23. The predicted octanol–water partition coefficient (Wildman–Crippen LogP) is 5.55. The minimum Gasteiger partial charge on any atom is -0.321 e. The van der Waals surface area contributed by atoms with Crippen LogP contribution in [-0.2, 0) is 0 Å². The van der Waals surface area contributed by atoms with Crippen molar-refractivity contribution in [2.24, 2.45) is 0 Å². The summed E-state index contributed by atoms with van der Waals surface area (Å²) in [5, 5.41) is 0. The SMILES string of the molecule is Cc1ccc2c(c1)N(c1ccccc1C)CN2c1ccccc1. The Morgan fingerprint density at radius 3 is 2.17 bits per heavy atom. The van der Waals surface area contributed by atoms with Gasteiger partial charge in [0.15, 0.2) is 0 Å². The molecular weight excluding hydrogens is 280 g/mol. The van der Waals surface area contributed by atoms with Crippen LogP contribution in [0.25, 0.3) is 0 Å². The molecule has 0 amide bonds. The van der Waals surface area contributed by atoms with Gasteiger partial charge in [-0.2, -0.15) is 0 Å². The van der Waals surface area contributed by atoms with Crippen LogP contribution in [0.2, 0.25) is 0 Å². The first-order chi connectivity index (χ1) is 11.2. The van der Waals surface area contributed by atoms with E-state index in [0.717, 1.165) is 6.67 Å². The van der Waals surface area contributed by atoms with Crippen molar-refractivity contribution in [2.75, 3.05) is 16.5 Å². The maximum atomic E-state index is 2.41. The second kappa shape index (κ2) is 5.47. The summed E-state index contributed by atoms with van der Waals surface area (Å²) in [5.41, 5.74) is 7.65. The topological polar surface area (TPSA) is 6.48 Å². The molecule has 0 spiro atoms. The van der Waals surface area contributed by atoms with Gasteiger partial charge in [-0.1, -0.05) is 42.5 Å².